The van der Waals surface area contributed by atoms with Gasteiger partial charge in [0.1, 0.15) is 66.1 Å². The van der Waals surface area contributed by atoms with Crippen LogP contribution in [0.15, 0.2) is 0 Å². The van der Waals surface area contributed by atoms with Crippen LogP contribution in [0.1, 0.15) is 207 Å². The highest BCUT2D eigenvalue weighted by molar-refractivity contribution is 6.01. The maximum Gasteiger partial charge on any atom is 0.394 e. The van der Waals surface area contributed by atoms with Gasteiger partial charge in [-0.3, -0.25) is 57.5 Å². The maximum absolute atomic E-state index is 15.6. The van der Waals surface area contributed by atoms with Gasteiger partial charge in [0.05, 0.1) is 18.9 Å². The number of carbonyl (C=O) groups excluding carboxylic acids is 12. The summed E-state index contributed by atoms with van der Waals surface area (Å²) in [6.45, 7) is 4.65. The van der Waals surface area contributed by atoms with E-state index in [0.29, 0.717) is 38.5 Å². The van der Waals surface area contributed by atoms with Gasteiger partial charge in [-0.25, -0.2) is 4.39 Å². The van der Waals surface area contributed by atoms with Crippen molar-refractivity contribution in [3.05, 3.63) is 0 Å². The van der Waals surface area contributed by atoms with Gasteiger partial charge >= 0.3 is 6.18 Å². The summed E-state index contributed by atoms with van der Waals surface area (Å²) in [6, 6.07) is -10.9. The number of amides is 12. The first-order valence-electron chi connectivity index (χ1n) is 37.3. The summed E-state index contributed by atoms with van der Waals surface area (Å²) in [4.78, 5) is 190. The lowest BCUT2D eigenvalue weighted by atomic mass is 9.78. The largest absolute Gasteiger partial charge is 0.394 e. The van der Waals surface area contributed by atoms with E-state index in [1.807, 2.05) is 6.92 Å². The number of likely N-dealkylation sites (N-methyl/N-ethyl adjacent to an activating group) is 6. The molecule has 0 aromatic carbocycles. The molecule has 8 aliphatic rings. The molecule has 28 heteroatoms. The predicted octanol–water partition coefficient (Wildman–Crippen LogP) is 5.62. The molecule has 100 heavy (non-hydrogen) atoms. The average Bonchev–Trinajstić information content (AvgIpc) is 1.39. The van der Waals surface area contributed by atoms with Gasteiger partial charge < -0.3 is 60.5 Å². The minimum atomic E-state index is -4.75. The van der Waals surface area contributed by atoms with Crippen molar-refractivity contribution in [2.24, 2.45) is 35.5 Å². The van der Waals surface area contributed by atoms with Gasteiger partial charge in [0.25, 0.3) is 0 Å². The molecule has 562 valence electrons. The third-order valence-corrected chi connectivity index (χ3v) is 24.1. The first-order valence-corrected chi connectivity index (χ1v) is 37.3. The third kappa shape index (κ3) is 18.6. The Morgan fingerprint density at radius 3 is 1.77 bits per heavy atom. The predicted molar refractivity (Wildman–Crippen MR) is 363 cm³/mol. The number of hydrogen-bond acceptors (Lipinski definition) is 12. The number of halogens is 4. The maximum atomic E-state index is 15.6. The number of nitrogens with one attached hydrogen (secondary N) is 4. The molecule has 3 unspecified atom stereocenters. The normalized spacial score (nSPS) is 31.8. The SMILES string of the molecule is CC[C@H](C)[C@@H]1NC(=O)[C@H](CC2CCCC2)N(C)C(=O)C[C@@H](C(=O)N(C)C)N(C)C(=O)[C@H](C2CCCC2)N(C)C(=O)C2(CCCC2)NC(=O)[C@@H]2CCCN2C(=O)[C@H](CCC2CCC(C(F)(F)F)C(F)C2)NC(=O)CN(C)C(=O)[C@H](CC2CCCCC2)N(C)C(=O)[C@@H]2CCN2C(=O)[C@H](C)NC1=O. The molecule has 24 nitrogen and oxygen atoms in total. The molecular formula is C72H114F4N12O12. The fourth-order valence-electron chi connectivity index (χ4n) is 17.4. The van der Waals surface area contributed by atoms with Crippen molar-refractivity contribution in [1.29, 1.82) is 0 Å². The number of fused-ring (bicyclic) bond motifs is 2. The van der Waals surface area contributed by atoms with Crippen molar-refractivity contribution in [1.82, 2.24) is 60.5 Å². The molecule has 3 heterocycles. The molecule has 4 N–H and O–H groups in total. The van der Waals surface area contributed by atoms with Gasteiger partial charge in [0.15, 0.2) is 0 Å². The standard InChI is InChI=1S/C72H114F4N12O12/c1-11-43(2)59-63(93)77-44(3)64(94)88-37-33-53(88)68(98)84(8)55(40-46-22-13-12-14-23-46)67(97)82(6)42-57(89)78-51(32-30-47-29-31-49(50(73)38-47)72(74,75)76)65(95)87-36-21-28-52(87)62(92)80-71(34-19-20-35-71)70(100)86(10)60(48-26-17-18-27-48)69(99)85(9)56(66(96)81(4)5)41-58(90)83(7)54(61(91)79-59)39-45-24-15-16-25-45/h43-56,59-60H,11-42H2,1-10H3,(H,77,93)(H,78,89)(H,79,91)(H,80,92)/t43-,44-,47?,49?,50?,51-,52-,53-,54-,55-,56-,59-,60-/m0/s1. The molecule has 0 aromatic heterocycles. The summed E-state index contributed by atoms with van der Waals surface area (Å²) < 4.78 is 56.9. The highest BCUT2D eigenvalue weighted by Gasteiger charge is 2.53. The Hall–Kier alpha value is -6.64. The average molecular weight is 1420 g/mol. The Labute approximate surface area is 587 Å². The summed E-state index contributed by atoms with van der Waals surface area (Å²) in [5.41, 5.74) is -1.57. The molecule has 8 fully saturated rings. The van der Waals surface area contributed by atoms with Crippen molar-refractivity contribution in [2.45, 2.75) is 279 Å². The quantitative estimate of drug-likeness (QED) is 0.184. The Bertz CT molecular complexity index is 2950. The zero-order valence-corrected chi connectivity index (χ0v) is 60.9. The molecule has 3 saturated heterocycles. The highest BCUT2D eigenvalue weighted by Crippen LogP contribution is 2.44. The van der Waals surface area contributed by atoms with Gasteiger partial charge in [-0.15, -0.1) is 0 Å². The minimum Gasteiger partial charge on any atom is -0.347 e. The monoisotopic (exact) mass is 1410 g/mol. The van der Waals surface area contributed by atoms with Crippen molar-refractivity contribution in [3.63, 3.8) is 0 Å². The van der Waals surface area contributed by atoms with Crippen LogP contribution in [0.2, 0.25) is 0 Å². The number of rotatable bonds is 11. The van der Waals surface area contributed by atoms with E-state index >= 15 is 28.4 Å². The lowest BCUT2D eigenvalue weighted by Crippen LogP contribution is -2.65. The van der Waals surface area contributed by atoms with E-state index in [-0.39, 0.29) is 82.7 Å². The Balaban J connectivity index is 1.15. The van der Waals surface area contributed by atoms with Crippen LogP contribution in [0.4, 0.5) is 17.6 Å². The zero-order valence-electron chi connectivity index (χ0n) is 60.9. The zero-order chi connectivity index (χ0) is 73.2. The van der Waals surface area contributed by atoms with Gasteiger partial charge in [0.2, 0.25) is 70.9 Å². The second-order valence-corrected chi connectivity index (χ2v) is 31.1. The molecule has 0 bridgehead atoms. The molecule has 0 radical (unpaired) electrons. The van der Waals surface area contributed by atoms with Crippen LogP contribution >= 0.6 is 0 Å². The summed E-state index contributed by atoms with van der Waals surface area (Å²) in [6.07, 6.45) is 4.73. The molecule has 3 aliphatic heterocycles. The smallest absolute Gasteiger partial charge is 0.347 e. The van der Waals surface area contributed by atoms with Crippen LogP contribution in [0.5, 0.6) is 0 Å². The van der Waals surface area contributed by atoms with Gasteiger partial charge in [-0.2, -0.15) is 13.2 Å². The van der Waals surface area contributed by atoms with Gasteiger partial charge in [-0.05, 0) is 126 Å². The second-order valence-electron chi connectivity index (χ2n) is 31.1. The van der Waals surface area contributed by atoms with Crippen LogP contribution in [-0.4, -0.2) is 251 Å². The molecule has 5 aliphatic carbocycles. The van der Waals surface area contributed by atoms with E-state index in [1.54, 1.807) is 6.92 Å². The van der Waals surface area contributed by atoms with Crippen molar-refractivity contribution < 1.29 is 75.1 Å². The van der Waals surface area contributed by atoms with E-state index in [2.05, 4.69) is 21.3 Å². The van der Waals surface area contributed by atoms with E-state index in [9.17, 15) is 46.7 Å². The van der Waals surface area contributed by atoms with Crippen LogP contribution in [-0.2, 0) is 57.5 Å². The lowest BCUT2D eigenvalue weighted by molar-refractivity contribution is -0.201. The number of alkyl halides is 4. The second kappa shape index (κ2) is 34.6. The highest BCUT2D eigenvalue weighted by atomic mass is 19.4. The fraction of sp³-hybridized carbons (Fsp3) is 0.833. The molecule has 13 atom stereocenters. The van der Waals surface area contributed by atoms with E-state index in [1.165, 1.54) is 90.6 Å². The summed E-state index contributed by atoms with van der Waals surface area (Å²) in [5, 5.41) is 11.6. The topological polar surface area (TPSA) is 279 Å². The molecular weight excluding hydrogens is 1300 g/mol. The first kappa shape index (κ1) is 79.1. The lowest BCUT2D eigenvalue weighted by Gasteiger charge is -2.44. The molecule has 8 rings (SSSR count). The van der Waals surface area contributed by atoms with E-state index in [4.69, 9.17) is 0 Å². The molecule has 12 amide bonds. The van der Waals surface area contributed by atoms with Gasteiger partial charge in [-0.1, -0.05) is 104 Å². The number of carbonyl (C=O) groups is 12. The fourth-order valence-corrected chi connectivity index (χ4v) is 17.4. The van der Waals surface area contributed by atoms with Crippen molar-refractivity contribution in [3.8, 4) is 0 Å². The first-order chi connectivity index (χ1) is 47.3. The summed E-state index contributed by atoms with van der Waals surface area (Å²) in [7, 11) is 10.2. The minimum absolute atomic E-state index is 0.00290. The number of hydrogen-bond donors (Lipinski definition) is 4. The van der Waals surface area contributed by atoms with Crippen molar-refractivity contribution >= 4 is 70.9 Å². The summed E-state index contributed by atoms with van der Waals surface area (Å²) in [5.74, 6) is -11.3. The molecule has 0 aromatic rings. The Morgan fingerprint density at radius 2 is 1.19 bits per heavy atom. The van der Waals surface area contributed by atoms with Crippen LogP contribution in [0.3, 0.4) is 0 Å². The number of nitrogens with zero attached hydrogens (tertiary/aromatic N) is 8. The van der Waals surface area contributed by atoms with Gasteiger partial charge in [0, 0.05) is 62.4 Å². The van der Waals surface area contributed by atoms with E-state index < -0.39 is 193 Å². The van der Waals surface area contributed by atoms with E-state index in [0.717, 1.165) is 75.5 Å². The van der Waals surface area contributed by atoms with Crippen molar-refractivity contribution in [2.75, 3.05) is 69.0 Å². The Kier molecular flexibility index (Phi) is 27.3. The summed E-state index contributed by atoms with van der Waals surface area (Å²) >= 11 is 0. The van der Waals surface area contributed by atoms with Crippen LogP contribution in [0, 0.1) is 35.5 Å². The van der Waals surface area contributed by atoms with Crippen LogP contribution in [0.25, 0.3) is 0 Å². The third-order valence-electron chi connectivity index (χ3n) is 24.1. The Morgan fingerprint density at radius 1 is 0.590 bits per heavy atom. The molecule has 5 saturated carbocycles. The van der Waals surface area contributed by atoms with Crippen LogP contribution < -0.4 is 21.3 Å². The molecule has 1 spiro atoms.